The van der Waals surface area contributed by atoms with E-state index in [1.807, 2.05) is 6.92 Å². The zero-order chi connectivity index (χ0) is 12.7. The van der Waals surface area contributed by atoms with E-state index in [4.69, 9.17) is 10.5 Å². The molecule has 0 saturated heterocycles. The molecule has 1 rings (SSSR count). The second-order valence-electron chi connectivity index (χ2n) is 4.77. The van der Waals surface area contributed by atoms with Gasteiger partial charge in [0.2, 0.25) is 0 Å². The third-order valence-electron chi connectivity index (χ3n) is 3.54. The van der Waals surface area contributed by atoms with Gasteiger partial charge in [0.1, 0.15) is 0 Å². The molecule has 2 atom stereocenters. The van der Waals surface area contributed by atoms with E-state index >= 15 is 0 Å². The van der Waals surface area contributed by atoms with Crippen molar-refractivity contribution in [2.24, 2.45) is 11.7 Å². The van der Waals surface area contributed by atoms with Crippen molar-refractivity contribution >= 4 is 5.97 Å². The minimum atomic E-state index is -0.108. The molecule has 0 amide bonds. The van der Waals surface area contributed by atoms with Crippen molar-refractivity contribution in [3.05, 3.63) is 0 Å². The first kappa shape index (κ1) is 14.5. The molecule has 2 unspecified atom stereocenters. The predicted molar refractivity (Wildman–Crippen MR) is 68.7 cm³/mol. The molecule has 4 nitrogen and oxygen atoms in total. The number of carbonyl (C=O) groups excluding carboxylic acids is 1. The molecule has 0 heterocycles. The van der Waals surface area contributed by atoms with Gasteiger partial charge in [-0.25, -0.2) is 0 Å². The van der Waals surface area contributed by atoms with Crippen LogP contribution in [0.3, 0.4) is 0 Å². The summed E-state index contributed by atoms with van der Waals surface area (Å²) in [5.74, 6) is 0.444. The van der Waals surface area contributed by atoms with Crippen LogP contribution in [-0.4, -0.2) is 43.2 Å². The van der Waals surface area contributed by atoms with E-state index in [1.54, 1.807) is 0 Å². The fourth-order valence-corrected chi connectivity index (χ4v) is 2.79. The molecule has 0 aromatic rings. The van der Waals surface area contributed by atoms with Gasteiger partial charge >= 0.3 is 5.97 Å². The van der Waals surface area contributed by atoms with Gasteiger partial charge in [-0.2, -0.15) is 0 Å². The summed E-state index contributed by atoms with van der Waals surface area (Å²) in [7, 11) is 0. The van der Waals surface area contributed by atoms with E-state index in [9.17, 15) is 4.79 Å². The molecule has 0 aromatic heterocycles. The van der Waals surface area contributed by atoms with Gasteiger partial charge in [-0.05, 0) is 45.2 Å². The topological polar surface area (TPSA) is 55.6 Å². The van der Waals surface area contributed by atoms with Crippen molar-refractivity contribution in [1.82, 2.24) is 4.90 Å². The largest absolute Gasteiger partial charge is 0.465 e. The van der Waals surface area contributed by atoms with Crippen molar-refractivity contribution in [2.45, 2.75) is 45.6 Å². The van der Waals surface area contributed by atoms with E-state index in [0.717, 1.165) is 19.5 Å². The zero-order valence-electron chi connectivity index (χ0n) is 11.2. The Morgan fingerprint density at radius 3 is 2.76 bits per heavy atom. The van der Waals surface area contributed by atoms with Gasteiger partial charge in [0.15, 0.2) is 0 Å². The average Bonchev–Trinajstić information content (AvgIpc) is 2.76. The highest BCUT2D eigenvalue weighted by atomic mass is 16.5. The summed E-state index contributed by atoms with van der Waals surface area (Å²) in [5.41, 5.74) is 5.80. The van der Waals surface area contributed by atoms with E-state index in [-0.39, 0.29) is 5.97 Å². The fourth-order valence-electron chi connectivity index (χ4n) is 2.79. The second kappa shape index (κ2) is 7.67. The van der Waals surface area contributed by atoms with Gasteiger partial charge in [-0.15, -0.1) is 0 Å². The van der Waals surface area contributed by atoms with Crippen LogP contribution >= 0.6 is 0 Å². The molecule has 4 heteroatoms. The number of hydrogen-bond acceptors (Lipinski definition) is 4. The lowest BCUT2D eigenvalue weighted by Crippen LogP contribution is -2.43. The van der Waals surface area contributed by atoms with E-state index in [1.165, 1.54) is 19.3 Å². The normalized spacial score (nSPS) is 24.2. The van der Waals surface area contributed by atoms with Crippen LogP contribution in [0.4, 0.5) is 0 Å². The first-order valence-electron chi connectivity index (χ1n) is 6.82. The summed E-state index contributed by atoms with van der Waals surface area (Å²) in [6, 6.07) is 0.476. The average molecular weight is 242 g/mol. The minimum Gasteiger partial charge on any atom is -0.465 e. The fraction of sp³-hybridized carbons (Fsp3) is 0.923. The summed E-state index contributed by atoms with van der Waals surface area (Å²) in [6.45, 7) is 6.56. The highest BCUT2D eigenvalue weighted by Crippen LogP contribution is 2.29. The molecule has 1 aliphatic rings. The summed E-state index contributed by atoms with van der Waals surface area (Å²) < 4.78 is 5.04. The van der Waals surface area contributed by atoms with Gasteiger partial charge in [0, 0.05) is 6.04 Å². The van der Waals surface area contributed by atoms with Crippen LogP contribution in [0, 0.1) is 5.92 Å². The maximum absolute atomic E-state index is 11.6. The molecule has 1 fully saturated rings. The Balaban J connectivity index is 2.54. The molecule has 2 N–H and O–H groups in total. The maximum Gasteiger partial charge on any atom is 0.320 e. The van der Waals surface area contributed by atoms with Gasteiger partial charge in [-0.3, -0.25) is 9.69 Å². The Bertz CT molecular complexity index is 233. The SMILES string of the molecule is CCCN(CC(=O)OCC)C1CCCC1CN. The lowest BCUT2D eigenvalue weighted by Gasteiger charge is -2.31. The maximum atomic E-state index is 11.6. The highest BCUT2D eigenvalue weighted by molar-refractivity contribution is 5.71. The summed E-state index contributed by atoms with van der Waals surface area (Å²) >= 11 is 0. The molecule has 17 heavy (non-hydrogen) atoms. The quantitative estimate of drug-likeness (QED) is 0.685. The minimum absolute atomic E-state index is 0.108. The van der Waals surface area contributed by atoms with Crippen LogP contribution in [0.2, 0.25) is 0 Å². The second-order valence-corrected chi connectivity index (χ2v) is 4.77. The lowest BCUT2D eigenvalue weighted by molar-refractivity contribution is -0.145. The van der Waals surface area contributed by atoms with Crippen molar-refractivity contribution < 1.29 is 9.53 Å². The molecule has 0 spiro atoms. The van der Waals surface area contributed by atoms with Crippen LogP contribution in [-0.2, 0) is 9.53 Å². The van der Waals surface area contributed by atoms with Crippen molar-refractivity contribution in [2.75, 3.05) is 26.2 Å². The molecule has 0 aromatic carbocycles. The highest BCUT2D eigenvalue weighted by Gasteiger charge is 2.31. The molecular weight excluding hydrogens is 216 g/mol. The molecular formula is C13H26N2O2. The Morgan fingerprint density at radius 2 is 2.18 bits per heavy atom. The van der Waals surface area contributed by atoms with Crippen LogP contribution in [0.5, 0.6) is 0 Å². The van der Waals surface area contributed by atoms with Crippen molar-refractivity contribution in [3.63, 3.8) is 0 Å². The van der Waals surface area contributed by atoms with E-state index < -0.39 is 0 Å². The molecule has 1 aliphatic carbocycles. The van der Waals surface area contributed by atoms with Crippen molar-refractivity contribution in [1.29, 1.82) is 0 Å². The smallest absolute Gasteiger partial charge is 0.320 e. The predicted octanol–water partition coefficient (Wildman–Crippen LogP) is 1.39. The first-order valence-corrected chi connectivity index (χ1v) is 6.82. The molecule has 0 radical (unpaired) electrons. The lowest BCUT2D eigenvalue weighted by atomic mass is 10.0. The number of nitrogens with zero attached hydrogens (tertiary/aromatic N) is 1. The van der Waals surface area contributed by atoms with Crippen LogP contribution < -0.4 is 5.73 Å². The van der Waals surface area contributed by atoms with E-state index in [0.29, 0.717) is 25.1 Å². The summed E-state index contributed by atoms with van der Waals surface area (Å²) in [5, 5.41) is 0. The molecule has 0 bridgehead atoms. The summed E-state index contributed by atoms with van der Waals surface area (Å²) in [4.78, 5) is 13.9. The Kier molecular flexibility index (Phi) is 6.52. The third kappa shape index (κ3) is 4.28. The van der Waals surface area contributed by atoms with Crippen LogP contribution in [0.25, 0.3) is 0 Å². The number of esters is 1. The summed E-state index contributed by atoms with van der Waals surface area (Å²) in [6.07, 6.45) is 4.66. The van der Waals surface area contributed by atoms with Crippen LogP contribution in [0.1, 0.15) is 39.5 Å². The Labute approximate surface area is 104 Å². The number of ether oxygens (including phenoxy) is 1. The number of rotatable bonds is 7. The van der Waals surface area contributed by atoms with E-state index in [2.05, 4.69) is 11.8 Å². The van der Waals surface area contributed by atoms with Gasteiger partial charge in [-0.1, -0.05) is 13.3 Å². The molecule has 1 saturated carbocycles. The van der Waals surface area contributed by atoms with Crippen molar-refractivity contribution in [3.8, 4) is 0 Å². The molecule has 100 valence electrons. The third-order valence-corrected chi connectivity index (χ3v) is 3.54. The van der Waals surface area contributed by atoms with Gasteiger partial charge in [0.25, 0.3) is 0 Å². The first-order chi connectivity index (χ1) is 8.22. The Morgan fingerprint density at radius 1 is 1.41 bits per heavy atom. The van der Waals surface area contributed by atoms with Gasteiger partial charge < -0.3 is 10.5 Å². The Hall–Kier alpha value is -0.610. The molecule has 0 aliphatic heterocycles. The monoisotopic (exact) mass is 242 g/mol. The van der Waals surface area contributed by atoms with Crippen LogP contribution in [0.15, 0.2) is 0 Å². The standard InChI is InChI=1S/C13H26N2O2/c1-3-8-15(10-13(16)17-4-2)12-7-5-6-11(12)9-14/h11-12H,3-10,14H2,1-2H3. The number of carbonyl (C=O) groups is 1. The van der Waals surface area contributed by atoms with Gasteiger partial charge in [0.05, 0.1) is 13.2 Å². The zero-order valence-corrected chi connectivity index (χ0v) is 11.2. The number of nitrogens with two attached hydrogens (primary N) is 1. The number of hydrogen-bond donors (Lipinski definition) is 1.